The van der Waals surface area contributed by atoms with Crippen LogP contribution in [0.4, 0.5) is 14.5 Å². The fourth-order valence-corrected chi connectivity index (χ4v) is 3.57. The Morgan fingerprint density at radius 3 is 2.74 bits per heavy atom. The molecule has 176 valence electrons. The fraction of sp³-hybridized carbons (Fsp3) is 0.318. The van der Waals surface area contributed by atoms with Gasteiger partial charge < -0.3 is 15.1 Å². The van der Waals surface area contributed by atoms with Gasteiger partial charge in [-0.3, -0.25) is 14.3 Å². The standard InChI is InChI=1S/C22H21F2N7O3/c1-2-30-11-16(19(29-30)22(33)25-10-13-4-3-7-34-13)27-21(32)15-9-18-26-14(12-5-6-12)8-17(20(23)24)31(18)28-15/h3-4,7-9,11-12,20H,2,5-6,10H2,1H3,(H,25,33)(H,27,32). The second-order valence-electron chi connectivity index (χ2n) is 7.94. The minimum absolute atomic E-state index is 0.00735. The molecule has 2 N–H and O–H groups in total. The molecule has 4 aromatic rings. The first kappa shape index (κ1) is 21.7. The van der Waals surface area contributed by atoms with E-state index in [0.29, 0.717) is 18.0 Å². The van der Waals surface area contributed by atoms with Crippen LogP contribution in [0, 0.1) is 0 Å². The average molecular weight is 469 g/mol. The van der Waals surface area contributed by atoms with E-state index in [0.717, 1.165) is 17.4 Å². The molecule has 0 unspecified atom stereocenters. The largest absolute Gasteiger partial charge is 0.467 e. The number of nitrogens with zero attached hydrogens (tertiary/aromatic N) is 5. The number of anilines is 1. The van der Waals surface area contributed by atoms with Gasteiger partial charge in [0.1, 0.15) is 11.5 Å². The number of alkyl halides is 2. The Bertz CT molecular complexity index is 1360. The maximum absolute atomic E-state index is 13.6. The first-order chi connectivity index (χ1) is 16.4. The molecule has 2 amide bonds. The Labute approximate surface area is 192 Å². The maximum atomic E-state index is 13.6. The van der Waals surface area contributed by atoms with Crippen LogP contribution in [0.5, 0.6) is 0 Å². The van der Waals surface area contributed by atoms with Gasteiger partial charge >= 0.3 is 0 Å². The van der Waals surface area contributed by atoms with Crippen LogP contribution >= 0.6 is 0 Å². The van der Waals surface area contributed by atoms with Crippen LogP contribution in [0.3, 0.4) is 0 Å². The Morgan fingerprint density at radius 2 is 2.06 bits per heavy atom. The monoisotopic (exact) mass is 469 g/mol. The van der Waals surface area contributed by atoms with Crippen LogP contribution in [0.25, 0.3) is 5.65 Å². The zero-order valence-corrected chi connectivity index (χ0v) is 18.2. The molecule has 12 heteroatoms. The summed E-state index contributed by atoms with van der Waals surface area (Å²) in [5.74, 6) is -0.456. The highest BCUT2D eigenvalue weighted by molar-refractivity contribution is 6.07. The summed E-state index contributed by atoms with van der Waals surface area (Å²) >= 11 is 0. The third-order valence-electron chi connectivity index (χ3n) is 5.48. The normalized spacial score (nSPS) is 13.5. The molecule has 0 aliphatic heterocycles. The number of rotatable bonds is 8. The number of aromatic nitrogens is 5. The van der Waals surface area contributed by atoms with Crippen molar-refractivity contribution in [2.24, 2.45) is 0 Å². The lowest BCUT2D eigenvalue weighted by Gasteiger charge is -2.06. The smallest absolute Gasteiger partial charge is 0.280 e. The highest BCUT2D eigenvalue weighted by atomic mass is 19.3. The SMILES string of the molecule is CCn1cc(NC(=O)c2cc3nc(C4CC4)cc(C(F)F)n3n2)c(C(=O)NCc2ccco2)n1. The van der Waals surface area contributed by atoms with Gasteiger partial charge in [-0.05, 0) is 38.0 Å². The molecule has 5 rings (SSSR count). The van der Waals surface area contributed by atoms with Crippen molar-refractivity contribution in [3.8, 4) is 0 Å². The van der Waals surface area contributed by atoms with Gasteiger partial charge in [0.15, 0.2) is 17.0 Å². The van der Waals surface area contributed by atoms with Crippen LogP contribution < -0.4 is 10.6 Å². The summed E-state index contributed by atoms with van der Waals surface area (Å²) in [4.78, 5) is 30.0. The van der Waals surface area contributed by atoms with Crippen molar-refractivity contribution in [2.45, 2.75) is 45.2 Å². The number of carbonyl (C=O) groups is 2. The predicted octanol–water partition coefficient (Wildman–Crippen LogP) is 3.54. The molecule has 0 radical (unpaired) electrons. The van der Waals surface area contributed by atoms with Crippen LogP contribution in [-0.4, -0.2) is 36.2 Å². The molecule has 0 atom stereocenters. The fourth-order valence-electron chi connectivity index (χ4n) is 3.57. The molecule has 0 bridgehead atoms. The Balaban J connectivity index is 1.40. The number of halogens is 2. The van der Waals surface area contributed by atoms with Gasteiger partial charge in [0, 0.05) is 30.4 Å². The van der Waals surface area contributed by atoms with Gasteiger partial charge in [-0.25, -0.2) is 18.3 Å². The molecule has 0 saturated heterocycles. The van der Waals surface area contributed by atoms with E-state index in [1.54, 1.807) is 12.1 Å². The van der Waals surface area contributed by atoms with E-state index >= 15 is 0 Å². The van der Waals surface area contributed by atoms with E-state index < -0.39 is 18.2 Å². The van der Waals surface area contributed by atoms with Crippen molar-refractivity contribution in [3.63, 3.8) is 0 Å². The quantitative estimate of drug-likeness (QED) is 0.407. The van der Waals surface area contributed by atoms with Crippen LogP contribution in [-0.2, 0) is 13.1 Å². The van der Waals surface area contributed by atoms with Crippen molar-refractivity contribution in [1.82, 2.24) is 29.7 Å². The zero-order valence-electron chi connectivity index (χ0n) is 18.2. The van der Waals surface area contributed by atoms with Gasteiger partial charge in [-0.2, -0.15) is 10.2 Å². The van der Waals surface area contributed by atoms with Crippen molar-refractivity contribution in [1.29, 1.82) is 0 Å². The first-order valence-electron chi connectivity index (χ1n) is 10.8. The number of nitrogens with one attached hydrogen (secondary N) is 2. The van der Waals surface area contributed by atoms with Gasteiger partial charge in [0.05, 0.1) is 18.5 Å². The van der Waals surface area contributed by atoms with Crippen LogP contribution in [0.1, 0.15) is 70.2 Å². The third-order valence-corrected chi connectivity index (χ3v) is 5.48. The van der Waals surface area contributed by atoms with Crippen molar-refractivity contribution < 1.29 is 22.8 Å². The van der Waals surface area contributed by atoms with Gasteiger partial charge in [-0.1, -0.05) is 0 Å². The summed E-state index contributed by atoms with van der Waals surface area (Å²) in [7, 11) is 0. The number of fused-ring (bicyclic) bond motifs is 1. The molecule has 1 aliphatic rings. The lowest BCUT2D eigenvalue weighted by molar-refractivity contribution is 0.0943. The van der Waals surface area contributed by atoms with E-state index in [4.69, 9.17) is 4.42 Å². The molecule has 1 aliphatic carbocycles. The van der Waals surface area contributed by atoms with Gasteiger partial charge in [0.2, 0.25) is 0 Å². The third kappa shape index (κ3) is 4.26. The average Bonchev–Trinajstić information content (AvgIpc) is 3.22. The predicted molar refractivity (Wildman–Crippen MR) is 116 cm³/mol. The molecule has 0 aromatic carbocycles. The van der Waals surface area contributed by atoms with E-state index in [2.05, 4.69) is 25.8 Å². The molecule has 4 aromatic heterocycles. The lowest BCUT2D eigenvalue weighted by atomic mass is 10.2. The maximum Gasteiger partial charge on any atom is 0.280 e. The number of furan rings is 1. The number of carbonyl (C=O) groups excluding carboxylic acids is 2. The summed E-state index contributed by atoms with van der Waals surface area (Å²) in [6.45, 7) is 2.45. The molecule has 1 fully saturated rings. The number of hydrogen-bond donors (Lipinski definition) is 2. The van der Waals surface area contributed by atoms with E-state index in [1.807, 2.05) is 6.92 Å². The molecular formula is C22H21F2N7O3. The highest BCUT2D eigenvalue weighted by Crippen LogP contribution is 2.40. The van der Waals surface area contributed by atoms with Crippen molar-refractivity contribution in [2.75, 3.05) is 5.32 Å². The second kappa shape index (κ2) is 8.69. The number of amides is 2. The van der Waals surface area contributed by atoms with Gasteiger partial charge in [-0.15, -0.1) is 0 Å². The summed E-state index contributed by atoms with van der Waals surface area (Å²) in [6, 6.07) is 6.12. The second-order valence-corrected chi connectivity index (χ2v) is 7.94. The first-order valence-corrected chi connectivity index (χ1v) is 10.8. The summed E-state index contributed by atoms with van der Waals surface area (Å²) in [6.07, 6.45) is 2.05. The lowest BCUT2D eigenvalue weighted by Crippen LogP contribution is -2.25. The van der Waals surface area contributed by atoms with Crippen molar-refractivity contribution >= 4 is 23.1 Å². The van der Waals surface area contributed by atoms with Crippen LogP contribution in [0.15, 0.2) is 41.1 Å². The van der Waals surface area contributed by atoms with Crippen LogP contribution in [0.2, 0.25) is 0 Å². The Hall–Kier alpha value is -4.09. The molecule has 1 saturated carbocycles. The zero-order chi connectivity index (χ0) is 23.8. The number of hydrogen-bond acceptors (Lipinski definition) is 6. The van der Waals surface area contributed by atoms with E-state index in [9.17, 15) is 18.4 Å². The number of aryl methyl sites for hydroxylation is 1. The Morgan fingerprint density at radius 1 is 1.24 bits per heavy atom. The minimum atomic E-state index is -2.77. The van der Waals surface area contributed by atoms with E-state index in [-0.39, 0.29) is 40.9 Å². The van der Waals surface area contributed by atoms with E-state index in [1.165, 1.54) is 29.3 Å². The summed E-state index contributed by atoms with van der Waals surface area (Å²) in [5, 5.41) is 13.6. The Kier molecular flexibility index (Phi) is 5.56. The minimum Gasteiger partial charge on any atom is -0.467 e. The van der Waals surface area contributed by atoms with Gasteiger partial charge in [0.25, 0.3) is 18.2 Å². The molecule has 0 spiro atoms. The molecule has 10 nitrogen and oxygen atoms in total. The summed E-state index contributed by atoms with van der Waals surface area (Å²) < 4.78 is 34.9. The molecule has 34 heavy (non-hydrogen) atoms. The summed E-state index contributed by atoms with van der Waals surface area (Å²) in [5.41, 5.74) is 0.505. The topological polar surface area (TPSA) is 119 Å². The molecule has 4 heterocycles. The highest BCUT2D eigenvalue weighted by Gasteiger charge is 2.29. The molecular weight excluding hydrogens is 448 g/mol. The van der Waals surface area contributed by atoms with Crippen molar-refractivity contribution in [3.05, 3.63) is 65.3 Å².